The Morgan fingerprint density at radius 2 is 2.12 bits per heavy atom. The largest absolute Gasteiger partial charge is 0.370 e. The molecule has 0 aromatic carbocycles. The van der Waals surface area contributed by atoms with Crippen molar-refractivity contribution >= 4 is 41.3 Å². The lowest BCUT2D eigenvalue weighted by molar-refractivity contribution is 0.458. The number of nitrogens with zero attached hydrogens (tertiary/aromatic N) is 3. The second kappa shape index (κ2) is 8.68. The van der Waals surface area contributed by atoms with Crippen LogP contribution in [0.2, 0.25) is 0 Å². The molecule has 2 N–H and O–H groups in total. The normalized spacial score (nSPS) is 11.1. The van der Waals surface area contributed by atoms with Gasteiger partial charge >= 0.3 is 0 Å². The maximum Gasteiger partial charge on any atom is 0.191 e. The molecule has 0 unspecified atom stereocenters. The molecular weight excluding hydrogens is 347 g/mol. The van der Waals surface area contributed by atoms with Gasteiger partial charge < -0.3 is 10.6 Å². The van der Waals surface area contributed by atoms with Crippen LogP contribution in [0.5, 0.6) is 0 Å². The van der Waals surface area contributed by atoms with E-state index in [0.717, 1.165) is 30.2 Å². The monoisotopic (exact) mass is 368 g/mol. The summed E-state index contributed by atoms with van der Waals surface area (Å²) >= 11 is 1.68. The zero-order valence-corrected chi connectivity index (χ0v) is 13.8. The van der Waals surface area contributed by atoms with Gasteiger partial charge in [-0.05, 0) is 20.8 Å². The van der Waals surface area contributed by atoms with Crippen LogP contribution in [0.15, 0.2) is 10.4 Å². The van der Waals surface area contributed by atoms with Gasteiger partial charge in [0.25, 0.3) is 0 Å². The van der Waals surface area contributed by atoms with Crippen molar-refractivity contribution in [2.24, 2.45) is 10.7 Å². The summed E-state index contributed by atoms with van der Waals surface area (Å²) in [6, 6.07) is 0. The quantitative estimate of drug-likeness (QED) is 0.493. The fourth-order valence-corrected chi connectivity index (χ4v) is 2.10. The van der Waals surface area contributed by atoms with Gasteiger partial charge in [0, 0.05) is 31.4 Å². The number of halogens is 1. The molecule has 98 valence electrons. The highest BCUT2D eigenvalue weighted by Gasteiger charge is 2.02. The first-order chi connectivity index (χ1) is 7.67. The molecule has 1 aromatic rings. The van der Waals surface area contributed by atoms with Crippen molar-refractivity contribution in [2.45, 2.75) is 27.2 Å². The molecule has 0 aliphatic heterocycles. The predicted molar refractivity (Wildman–Crippen MR) is 85.4 cm³/mol. The van der Waals surface area contributed by atoms with Crippen molar-refractivity contribution in [3.05, 3.63) is 16.1 Å². The molecule has 0 amide bonds. The molecule has 6 heteroatoms. The summed E-state index contributed by atoms with van der Waals surface area (Å²) in [6.07, 6.45) is 0.867. The summed E-state index contributed by atoms with van der Waals surface area (Å²) in [6.45, 7) is 8.70. The van der Waals surface area contributed by atoms with E-state index in [0.29, 0.717) is 12.5 Å². The highest BCUT2D eigenvalue weighted by Crippen LogP contribution is 2.08. The molecule has 0 aliphatic carbocycles. The fraction of sp³-hybridized carbons (Fsp3) is 0.636. The van der Waals surface area contributed by atoms with Crippen molar-refractivity contribution in [2.75, 3.05) is 19.6 Å². The summed E-state index contributed by atoms with van der Waals surface area (Å²) in [7, 11) is 0. The Kier molecular flexibility index (Phi) is 8.49. The van der Waals surface area contributed by atoms with Gasteiger partial charge in [0.2, 0.25) is 0 Å². The minimum atomic E-state index is 0. The number of nitrogens with two attached hydrogens (primary N) is 1. The second-order valence-electron chi connectivity index (χ2n) is 3.52. The molecule has 0 aliphatic rings. The lowest BCUT2D eigenvalue weighted by atomic mass is 10.3. The number of hydrogen-bond acceptors (Lipinski definition) is 3. The minimum absolute atomic E-state index is 0. The summed E-state index contributed by atoms with van der Waals surface area (Å²) in [4.78, 5) is 10.8. The van der Waals surface area contributed by atoms with Crippen LogP contribution in [0.4, 0.5) is 0 Å². The van der Waals surface area contributed by atoms with Crippen LogP contribution >= 0.6 is 35.3 Å². The molecule has 4 nitrogen and oxygen atoms in total. The van der Waals surface area contributed by atoms with Gasteiger partial charge in [-0.25, -0.2) is 4.98 Å². The fourth-order valence-electron chi connectivity index (χ4n) is 1.46. The summed E-state index contributed by atoms with van der Waals surface area (Å²) in [5.41, 5.74) is 6.98. The van der Waals surface area contributed by atoms with E-state index in [-0.39, 0.29) is 24.0 Å². The number of guanidine groups is 1. The first-order valence-electron chi connectivity index (χ1n) is 5.63. The van der Waals surface area contributed by atoms with Gasteiger partial charge in [0.15, 0.2) is 5.96 Å². The highest BCUT2D eigenvalue weighted by atomic mass is 127. The van der Waals surface area contributed by atoms with Crippen LogP contribution in [0, 0.1) is 6.92 Å². The summed E-state index contributed by atoms with van der Waals surface area (Å²) in [5, 5.41) is 3.19. The molecule has 0 spiro atoms. The molecule has 1 heterocycles. The Labute approximate surface area is 124 Å². The zero-order chi connectivity index (χ0) is 12.0. The maximum atomic E-state index is 5.87. The SMILES string of the molecule is CCN(CC)C(N)=NCCc1csc(C)n1.I. The van der Waals surface area contributed by atoms with E-state index in [9.17, 15) is 0 Å². The second-order valence-corrected chi connectivity index (χ2v) is 4.58. The third-order valence-electron chi connectivity index (χ3n) is 2.40. The Balaban J connectivity index is 0.00000256. The van der Waals surface area contributed by atoms with Crippen molar-refractivity contribution in [1.82, 2.24) is 9.88 Å². The number of aromatic nitrogens is 1. The van der Waals surface area contributed by atoms with Crippen LogP contribution in [-0.2, 0) is 6.42 Å². The van der Waals surface area contributed by atoms with Crippen molar-refractivity contribution in [3.63, 3.8) is 0 Å². The first-order valence-corrected chi connectivity index (χ1v) is 6.51. The Bertz CT molecular complexity index is 347. The standard InChI is InChI=1S/C11H20N4S.HI/c1-4-15(5-2)11(12)13-7-6-10-8-16-9(3)14-10;/h8H,4-7H2,1-3H3,(H2,12,13);1H. The highest BCUT2D eigenvalue weighted by molar-refractivity contribution is 14.0. The number of hydrogen-bond donors (Lipinski definition) is 1. The molecule has 0 saturated heterocycles. The topological polar surface area (TPSA) is 54.5 Å². The van der Waals surface area contributed by atoms with Gasteiger partial charge in [-0.15, -0.1) is 35.3 Å². The summed E-state index contributed by atoms with van der Waals surface area (Å²) < 4.78 is 0. The number of aliphatic imine (C=N–C) groups is 1. The molecule has 1 aromatic heterocycles. The van der Waals surface area contributed by atoms with E-state index >= 15 is 0 Å². The molecule has 0 fully saturated rings. The predicted octanol–water partition coefficient (Wildman–Crippen LogP) is 2.27. The first kappa shape index (κ1) is 16.6. The van der Waals surface area contributed by atoms with E-state index in [2.05, 4.69) is 29.2 Å². The minimum Gasteiger partial charge on any atom is -0.370 e. The van der Waals surface area contributed by atoms with Gasteiger partial charge in [0.05, 0.1) is 10.7 Å². The van der Waals surface area contributed by atoms with E-state index in [4.69, 9.17) is 5.73 Å². The smallest absolute Gasteiger partial charge is 0.191 e. The average Bonchev–Trinajstić information content (AvgIpc) is 2.66. The Hall–Kier alpha value is -0.370. The number of aryl methyl sites for hydroxylation is 1. The van der Waals surface area contributed by atoms with Crippen LogP contribution in [-0.4, -0.2) is 35.5 Å². The van der Waals surface area contributed by atoms with E-state index in [1.165, 1.54) is 0 Å². The lowest BCUT2D eigenvalue weighted by Gasteiger charge is -2.19. The third kappa shape index (κ3) is 5.67. The van der Waals surface area contributed by atoms with E-state index in [1.54, 1.807) is 11.3 Å². The molecule has 1 rings (SSSR count). The van der Waals surface area contributed by atoms with Crippen LogP contribution in [0.25, 0.3) is 0 Å². The Morgan fingerprint density at radius 1 is 1.47 bits per heavy atom. The maximum absolute atomic E-state index is 5.87. The summed E-state index contributed by atoms with van der Waals surface area (Å²) in [5.74, 6) is 0.636. The average molecular weight is 368 g/mol. The van der Waals surface area contributed by atoms with Gasteiger partial charge in [0.1, 0.15) is 0 Å². The molecule has 0 saturated carbocycles. The lowest BCUT2D eigenvalue weighted by Crippen LogP contribution is -2.37. The third-order valence-corrected chi connectivity index (χ3v) is 3.22. The van der Waals surface area contributed by atoms with Crippen molar-refractivity contribution < 1.29 is 0 Å². The molecule has 0 bridgehead atoms. The van der Waals surface area contributed by atoms with Crippen LogP contribution in [0.3, 0.4) is 0 Å². The van der Waals surface area contributed by atoms with Gasteiger partial charge in [-0.1, -0.05) is 0 Å². The Morgan fingerprint density at radius 3 is 2.59 bits per heavy atom. The molecular formula is C11H21IN4S. The number of rotatable bonds is 5. The van der Waals surface area contributed by atoms with E-state index < -0.39 is 0 Å². The van der Waals surface area contributed by atoms with Crippen molar-refractivity contribution in [1.29, 1.82) is 0 Å². The van der Waals surface area contributed by atoms with Crippen molar-refractivity contribution in [3.8, 4) is 0 Å². The number of thiazole rings is 1. The van der Waals surface area contributed by atoms with Crippen LogP contribution in [0.1, 0.15) is 24.5 Å². The molecule has 17 heavy (non-hydrogen) atoms. The van der Waals surface area contributed by atoms with Crippen LogP contribution < -0.4 is 5.73 Å². The van der Waals surface area contributed by atoms with Gasteiger partial charge in [-0.2, -0.15) is 0 Å². The van der Waals surface area contributed by atoms with Gasteiger partial charge in [-0.3, -0.25) is 4.99 Å². The molecule has 0 radical (unpaired) electrons. The van der Waals surface area contributed by atoms with E-state index in [1.807, 2.05) is 11.8 Å². The molecule has 0 atom stereocenters. The zero-order valence-electron chi connectivity index (χ0n) is 10.6.